The molecule has 0 spiro atoms. The molecule has 0 bridgehead atoms. The van der Waals surface area contributed by atoms with Gasteiger partial charge in [-0.25, -0.2) is 18.2 Å². The van der Waals surface area contributed by atoms with Crippen molar-refractivity contribution >= 4 is 28.8 Å². The summed E-state index contributed by atoms with van der Waals surface area (Å²) in [6, 6.07) is 5.40. The van der Waals surface area contributed by atoms with Crippen LogP contribution in [0.15, 0.2) is 41.3 Å². The monoisotopic (exact) mass is 389 g/mol. The number of anilines is 1. The van der Waals surface area contributed by atoms with E-state index in [-0.39, 0.29) is 5.56 Å². The highest BCUT2D eigenvalue weighted by Gasteiger charge is 2.24. The summed E-state index contributed by atoms with van der Waals surface area (Å²) in [5.74, 6) is -1.19. The van der Waals surface area contributed by atoms with Crippen molar-refractivity contribution in [2.24, 2.45) is 0 Å². The maximum Gasteiger partial charge on any atom is 0.161 e. The minimum absolute atomic E-state index is 0.0259. The first kappa shape index (κ1) is 18.0. The Morgan fingerprint density at radius 3 is 2.59 bits per heavy atom. The van der Waals surface area contributed by atoms with E-state index in [4.69, 9.17) is 4.98 Å². The SMILES string of the molecule is CN1CC=CC(c2ccc3c(n2)N(C)CCS3)=C1c1cc(F)c(F)cc1F. The Morgan fingerprint density at radius 2 is 1.78 bits per heavy atom. The predicted molar refractivity (Wildman–Crippen MR) is 103 cm³/mol. The molecule has 2 aliphatic heterocycles. The van der Waals surface area contributed by atoms with Crippen molar-refractivity contribution in [1.29, 1.82) is 0 Å². The minimum atomic E-state index is -1.20. The molecule has 0 aliphatic carbocycles. The van der Waals surface area contributed by atoms with Gasteiger partial charge in [-0.05, 0) is 18.2 Å². The Hall–Kier alpha value is -2.41. The molecule has 140 valence electrons. The van der Waals surface area contributed by atoms with Gasteiger partial charge in [0.25, 0.3) is 0 Å². The molecule has 0 N–H and O–H groups in total. The van der Waals surface area contributed by atoms with E-state index < -0.39 is 17.5 Å². The first-order valence-electron chi connectivity index (χ1n) is 8.58. The van der Waals surface area contributed by atoms with Gasteiger partial charge in [-0.3, -0.25) is 0 Å². The van der Waals surface area contributed by atoms with Crippen LogP contribution in [0.1, 0.15) is 11.3 Å². The number of hydrogen-bond acceptors (Lipinski definition) is 4. The molecule has 2 aliphatic rings. The fourth-order valence-corrected chi connectivity index (χ4v) is 4.42. The molecule has 0 amide bonds. The van der Waals surface area contributed by atoms with Crippen LogP contribution in [0, 0.1) is 17.5 Å². The molecular formula is C20H18F3N3S. The van der Waals surface area contributed by atoms with Gasteiger partial charge in [0.05, 0.1) is 16.3 Å². The Kier molecular flexibility index (Phi) is 4.63. The molecule has 4 rings (SSSR count). The van der Waals surface area contributed by atoms with E-state index in [0.717, 1.165) is 29.1 Å². The lowest BCUT2D eigenvalue weighted by atomic mass is 9.98. The summed E-state index contributed by atoms with van der Waals surface area (Å²) in [4.78, 5) is 9.77. The summed E-state index contributed by atoms with van der Waals surface area (Å²) in [6.07, 6.45) is 3.80. The lowest BCUT2D eigenvalue weighted by Gasteiger charge is -2.29. The summed E-state index contributed by atoms with van der Waals surface area (Å²) in [7, 11) is 3.78. The fourth-order valence-electron chi connectivity index (χ4n) is 3.34. The maximum atomic E-state index is 14.5. The number of benzene rings is 1. The van der Waals surface area contributed by atoms with Crippen molar-refractivity contribution in [3.63, 3.8) is 0 Å². The second kappa shape index (κ2) is 6.96. The molecule has 0 atom stereocenters. The Labute approximate surface area is 160 Å². The van der Waals surface area contributed by atoms with Gasteiger partial charge in [-0.1, -0.05) is 12.2 Å². The third kappa shape index (κ3) is 3.20. The van der Waals surface area contributed by atoms with E-state index >= 15 is 0 Å². The van der Waals surface area contributed by atoms with E-state index in [1.807, 2.05) is 36.2 Å². The van der Waals surface area contributed by atoms with Gasteiger partial charge in [-0.2, -0.15) is 0 Å². The van der Waals surface area contributed by atoms with Gasteiger partial charge in [-0.15, -0.1) is 11.8 Å². The van der Waals surface area contributed by atoms with Crippen LogP contribution in [0.4, 0.5) is 19.0 Å². The van der Waals surface area contributed by atoms with Gasteiger partial charge in [0.1, 0.15) is 11.6 Å². The van der Waals surface area contributed by atoms with Crippen molar-refractivity contribution in [2.75, 3.05) is 37.8 Å². The van der Waals surface area contributed by atoms with Gasteiger partial charge in [0, 0.05) is 50.1 Å². The van der Waals surface area contributed by atoms with Gasteiger partial charge < -0.3 is 9.80 Å². The predicted octanol–water partition coefficient (Wildman–Crippen LogP) is 4.41. The molecule has 7 heteroatoms. The zero-order valence-corrected chi connectivity index (χ0v) is 15.8. The lowest BCUT2D eigenvalue weighted by Crippen LogP contribution is -2.26. The van der Waals surface area contributed by atoms with Crippen LogP contribution in [0.3, 0.4) is 0 Å². The summed E-state index contributed by atoms with van der Waals surface area (Å²) in [5.41, 5.74) is 1.87. The average molecular weight is 389 g/mol. The third-order valence-electron chi connectivity index (χ3n) is 4.73. The largest absolute Gasteiger partial charge is 0.370 e. The molecule has 2 aromatic rings. The van der Waals surface area contributed by atoms with Gasteiger partial charge >= 0.3 is 0 Å². The molecule has 0 unspecified atom stereocenters. The quantitative estimate of drug-likeness (QED) is 0.709. The number of rotatable bonds is 2. The normalized spacial score (nSPS) is 16.8. The van der Waals surface area contributed by atoms with Crippen LogP contribution < -0.4 is 4.90 Å². The van der Waals surface area contributed by atoms with Gasteiger partial charge in [0.15, 0.2) is 11.6 Å². The Bertz CT molecular complexity index is 971. The van der Waals surface area contributed by atoms with Gasteiger partial charge in [0.2, 0.25) is 0 Å². The molecule has 3 nitrogen and oxygen atoms in total. The van der Waals surface area contributed by atoms with Crippen LogP contribution in [0.2, 0.25) is 0 Å². The highest BCUT2D eigenvalue weighted by Crippen LogP contribution is 2.37. The highest BCUT2D eigenvalue weighted by molar-refractivity contribution is 7.99. The first-order chi connectivity index (χ1) is 13.0. The molecule has 1 aromatic carbocycles. The number of halogens is 3. The van der Waals surface area contributed by atoms with Crippen LogP contribution in [0.5, 0.6) is 0 Å². The van der Waals surface area contributed by atoms with E-state index in [1.54, 1.807) is 18.8 Å². The Balaban J connectivity index is 1.91. The molecule has 1 aromatic heterocycles. The van der Waals surface area contributed by atoms with Crippen molar-refractivity contribution in [1.82, 2.24) is 9.88 Å². The maximum absolute atomic E-state index is 14.5. The zero-order chi connectivity index (χ0) is 19.1. The van der Waals surface area contributed by atoms with Crippen LogP contribution >= 0.6 is 11.8 Å². The van der Waals surface area contributed by atoms with Crippen molar-refractivity contribution in [3.05, 3.63) is 65.1 Å². The minimum Gasteiger partial charge on any atom is -0.370 e. The number of likely N-dealkylation sites (N-methyl/N-ethyl adjacent to an activating group) is 1. The van der Waals surface area contributed by atoms with E-state index in [2.05, 4.69) is 4.90 Å². The second-order valence-electron chi connectivity index (χ2n) is 6.58. The summed E-state index contributed by atoms with van der Waals surface area (Å²) in [5, 5.41) is 0. The van der Waals surface area contributed by atoms with E-state index in [0.29, 0.717) is 29.6 Å². The Morgan fingerprint density at radius 1 is 1.00 bits per heavy atom. The fraction of sp³-hybridized carbons (Fsp3) is 0.250. The molecule has 0 radical (unpaired) electrons. The van der Waals surface area contributed by atoms with Crippen LogP contribution in [-0.2, 0) is 0 Å². The topological polar surface area (TPSA) is 19.4 Å². The summed E-state index contributed by atoms with van der Waals surface area (Å²) in [6.45, 7) is 1.44. The van der Waals surface area contributed by atoms with E-state index in [1.165, 1.54) is 0 Å². The molecule has 0 fully saturated rings. The number of aromatic nitrogens is 1. The number of allylic oxidation sites excluding steroid dienone is 2. The highest BCUT2D eigenvalue weighted by atomic mass is 32.2. The number of nitrogens with zero attached hydrogens (tertiary/aromatic N) is 3. The summed E-state index contributed by atoms with van der Waals surface area (Å²) < 4.78 is 41.7. The molecular weight excluding hydrogens is 371 g/mol. The van der Waals surface area contributed by atoms with Crippen molar-refractivity contribution < 1.29 is 13.2 Å². The number of fused-ring (bicyclic) bond motifs is 1. The average Bonchev–Trinajstić information content (AvgIpc) is 2.65. The molecule has 0 saturated heterocycles. The number of hydrogen-bond donors (Lipinski definition) is 0. The smallest absolute Gasteiger partial charge is 0.161 e. The van der Waals surface area contributed by atoms with Crippen molar-refractivity contribution in [3.8, 4) is 0 Å². The number of thioether (sulfide) groups is 1. The lowest BCUT2D eigenvalue weighted by molar-refractivity contribution is 0.486. The zero-order valence-electron chi connectivity index (χ0n) is 15.0. The standard InChI is InChI=1S/C20H18F3N3S/c1-25-7-3-4-12(19(25)13-10-15(22)16(23)11-14(13)21)17-5-6-18-20(24-17)26(2)8-9-27-18/h3-6,10-11H,7-9H2,1-2H3. The van der Waals surface area contributed by atoms with Crippen molar-refractivity contribution in [2.45, 2.75) is 4.90 Å². The van der Waals surface area contributed by atoms with Crippen LogP contribution in [-0.4, -0.2) is 42.8 Å². The van der Waals surface area contributed by atoms with Crippen LogP contribution in [0.25, 0.3) is 11.3 Å². The van der Waals surface area contributed by atoms with E-state index in [9.17, 15) is 13.2 Å². The second-order valence-corrected chi connectivity index (χ2v) is 7.72. The molecule has 27 heavy (non-hydrogen) atoms. The third-order valence-corrected chi connectivity index (χ3v) is 5.74. The number of pyridine rings is 1. The first-order valence-corrected chi connectivity index (χ1v) is 9.56. The summed E-state index contributed by atoms with van der Waals surface area (Å²) >= 11 is 1.75. The molecule has 3 heterocycles. The molecule has 0 saturated carbocycles.